The van der Waals surface area contributed by atoms with Crippen LogP contribution in [-0.2, 0) is 0 Å². The third-order valence-electron chi connectivity index (χ3n) is 2.42. The second-order valence-corrected chi connectivity index (χ2v) is 4.99. The largest absolute Gasteiger partial charge is 0.352 e. The molecule has 2 N–H and O–H groups in total. The second kappa shape index (κ2) is 5.94. The summed E-state index contributed by atoms with van der Waals surface area (Å²) in [5.41, 5.74) is 2.26. The van der Waals surface area contributed by atoms with Gasteiger partial charge in [-0.1, -0.05) is 6.92 Å². The van der Waals surface area contributed by atoms with Gasteiger partial charge in [0.2, 0.25) is 0 Å². The van der Waals surface area contributed by atoms with E-state index in [2.05, 4.69) is 28.7 Å². The molecule has 1 aromatic rings. The Bertz CT molecular complexity index is 343. The highest BCUT2D eigenvalue weighted by Gasteiger charge is 2.15. The molecule has 1 unspecified atom stereocenters. The Balaban J connectivity index is 2.53. The maximum Gasteiger partial charge on any atom is 0.255 e. The van der Waals surface area contributed by atoms with Gasteiger partial charge in [-0.25, -0.2) is 0 Å². The van der Waals surface area contributed by atoms with Crippen molar-refractivity contribution in [2.75, 3.05) is 18.6 Å². The molecule has 0 aromatic carbocycles. The SMILES string of the molecule is CSCC(C)CNC(=O)c1c(C)n[nH]c1C. The number of rotatable bonds is 5. The quantitative estimate of drug-likeness (QED) is 0.826. The first kappa shape index (κ1) is 13.1. The smallest absolute Gasteiger partial charge is 0.255 e. The number of H-pyrrole nitrogens is 1. The minimum atomic E-state index is -0.0308. The van der Waals surface area contributed by atoms with E-state index in [9.17, 15) is 4.79 Å². The molecule has 0 saturated carbocycles. The van der Waals surface area contributed by atoms with Crippen molar-refractivity contribution in [1.29, 1.82) is 0 Å². The molecular formula is C11H19N3OS. The van der Waals surface area contributed by atoms with Crippen LogP contribution in [0.2, 0.25) is 0 Å². The Morgan fingerprint density at radius 2 is 2.25 bits per heavy atom. The Morgan fingerprint density at radius 1 is 1.56 bits per heavy atom. The van der Waals surface area contributed by atoms with Crippen LogP contribution in [0, 0.1) is 19.8 Å². The topological polar surface area (TPSA) is 57.8 Å². The first-order valence-corrected chi connectivity index (χ1v) is 6.74. The van der Waals surface area contributed by atoms with Crippen molar-refractivity contribution >= 4 is 17.7 Å². The molecule has 0 aliphatic rings. The van der Waals surface area contributed by atoms with Gasteiger partial charge in [0.05, 0.1) is 11.3 Å². The molecule has 0 bridgehead atoms. The molecule has 1 rings (SSSR count). The maximum absolute atomic E-state index is 11.9. The molecule has 0 fully saturated rings. The lowest BCUT2D eigenvalue weighted by atomic mass is 10.1. The average molecular weight is 241 g/mol. The summed E-state index contributed by atoms with van der Waals surface area (Å²) in [5.74, 6) is 1.52. The molecule has 16 heavy (non-hydrogen) atoms. The summed E-state index contributed by atoms with van der Waals surface area (Å²) in [7, 11) is 0. The molecule has 0 spiro atoms. The molecule has 0 aliphatic heterocycles. The molecule has 0 radical (unpaired) electrons. The van der Waals surface area contributed by atoms with Crippen LogP contribution in [0.4, 0.5) is 0 Å². The summed E-state index contributed by atoms with van der Waals surface area (Å²) in [4.78, 5) is 11.9. The molecular weight excluding hydrogens is 222 g/mol. The molecule has 5 heteroatoms. The number of aromatic amines is 1. The fraction of sp³-hybridized carbons (Fsp3) is 0.636. The number of amides is 1. The minimum Gasteiger partial charge on any atom is -0.352 e. The number of carbonyl (C=O) groups is 1. The average Bonchev–Trinajstić information content (AvgIpc) is 2.56. The van der Waals surface area contributed by atoms with Gasteiger partial charge in [0, 0.05) is 12.2 Å². The Kier molecular flexibility index (Phi) is 4.86. The normalized spacial score (nSPS) is 12.5. The number of aryl methyl sites for hydroxylation is 2. The van der Waals surface area contributed by atoms with Gasteiger partial charge in [-0.3, -0.25) is 9.89 Å². The van der Waals surface area contributed by atoms with Crippen molar-refractivity contribution in [3.05, 3.63) is 17.0 Å². The number of hydrogen-bond acceptors (Lipinski definition) is 3. The summed E-state index contributed by atoms with van der Waals surface area (Å²) in [6.07, 6.45) is 2.07. The van der Waals surface area contributed by atoms with E-state index in [1.54, 1.807) is 11.8 Å². The monoisotopic (exact) mass is 241 g/mol. The summed E-state index contributed by atoms with van der Waals surface area (Å²) >= 11 is 1.80. The number of hydrogen-bond donors (Lipinski definition) is 2. The van der Waals surface area contributed by atoms with Crippen molar-refractivity contribution in [1.82, 2.24) is 15.5 Å². The molecule has 0 aliphatic carbocycles. The van der Waals surface area contributed by atoms with Crippen LogP contribution in [0.15, 0.2) is 0 Å². The van der Waals surface area contributed by atoms with E-state index in [0.29, 0.717) is 18.0 Å². The van der Waals surface area contributed by atoms with Gasteiger partial charge in [-0.2, -0.15) is 16.9 Å². The van der Waals surface area contributed by atoms with E-state index in [0.717, 1.165) is 17.1 Å². The molecule has 1 aromatic heterocycles. The van der Waals surface area contributed by atoms with Gasteiger partial charge >= 0.3 is 0 Å². The number of carbonyl (C=O) groups excluding carboxylic acids is 1. The molecule has 4 nitrogen and oxygen atoms in total. The summed E-state index contributed by atoms with van der Waals surface area (Å²) in [6.45, 7) is 6.54. The predicted molar refractivity (Wildman–Crippen MR) is 67.9 cm³/mol. The highest BCUT2D eigenvalue weighted by Crippen LogP contribution is 2.09. The lowest BCUT2D eigenvalue weighted by Crippen LogP contribution is -2.29. The van der Waals surface area contributed by atoms with Crippen molar-refractivity contribution in [2.24, 2.45) is 5.92 Å². The first-order chi connectivity index (χ1) is 7.56. The molecule has 1 heterocycles. The van der Waals surface area contributed by atoms with Crippen LogP contribution in [0.3, 0.4) is 0 Å². The lowest BCUT2D eigenvalue weighted by molar-refractivity contribution is 0.0948. The van der Waals surface area contributed by atoms with E-state index in [1.165, 1.54) is 0 Å². The van der Waals surface area contributed by atoms with Gasteiger partial charge in [-0.15, -0.1) is 0 Å². The minimum absolute atomic E-state index is 0.0308. The van der Waals surface area contributed by atoms with E-state index in [1.807, 2.05) is 13.8 Å². The van der Waals surface area contributed by atoms with E-state index in [-0.39, 0.29) is 5.91 Å². The Labute approximate surface area is 101 Å². The van der Waals surface area contributed by atoms with E-state index < -0.39 is 0 Å². The van der Waals surface area contributed by atoms with Gasteiger partial charge in [0.15, 0.2) is 0 Å². The number of aromatic nitrogens is 2. The number of thioether (sulfide) groups is 1. The first-order valence-electron chi connectivity index (χ1n) is 5.35. The van der Waals surface area contributed by atoms with Gasteiger partial charge < -0.3 is 5.32 Å². The zero-order valence-corrected chi connectivity index (χ0v) is 11.1. The molecule has 1 amide bonds. The highest BCUT2D eigenvalue weighted by molar-refractivity contribution is 7.98. The van der Waals surface area contributed by atoms with Crippen molar-refractivity contribution in [2.45, 2.75) is 20.8 Å². The Hall–Kier alpha value is -0.970. The molecule has 0 saturated heterocycles. The third-order valence-corrected chi connectivity index (χ3v) is 3.32. The van der Waals surface area contributed by atoms with Crippen LogP contribution in [0.25, 0.3) is 0 Å². The predicted octanol–water partition coefficient (Wildman–Crippen LogP) is 1.76. The summed E-state index contributed by atoms with van der Waals surface area (Å²) in [6, 6.07) is 0. The molecule has 1 atom stereocenters. The van der Waals surface area contributed by atoms with Crippen LogP contribution in [-0.4, -0.2) is 34.7 Å². The van der Waals surface area contributed by atoms with Crippen molar-refractivity contribution in [3.8, 4) is 0 Å². The van der Waals surface area contributed by atoms with Gasteiger partial charge in [0.1, 0.15) is 0 Å². The summed E-state index contributed by atoms with van der Waals surface area (Å²) < 4.78 is 0. The van der Waals surface area contributed by atoms with Crippen LogP contribution in [0.1, 0.15) is 28.7 Å². The standard InChI is InChI=1S/C11H19N3OS/c1-7(6-16-4)5-12-11(15)10-8(2)13-14-9(10)3/h7H,5-6H2,1-4H3,(H,12,15)(H,13,14). The second-order valence-electron chi connectivity index (χ2n) is 4.08. The zero-order chi connectivity index (χ0) is 12.1. The van der Waals surface area contributed by atoms with Gasteiger partial charge in [-0.05, 0) is 31.8 Å². The lowest BCUT2D eigenvalue weighted by Gasteiger charge is -2.11. The van der Waals surface area contributed by atoms with Crippen LogP contribution >= 0.6 is 11.8 Å². The maximum atomic E-state index is 11.9. The zero-order valence-electron chi connectivity index (χ0n) is 10.3. The van der Waals surface area contributed by atoms with Crippen LogP contribution in [0.5, 0.6) is 0 Å². The van der Waals surface area contributed by atoms with E-state index in [4.69, 9.17) is 0 Å². The molecule has 90 valence electrons. The number of nitrogens with one attached hydrogen (secondary N) is 2. The number of nitrogens with zero attached hydrogens (tertiary/aromatic N) is 1. The fourth-order valence-corrected chi connectivity index (χ4v) is 2.27. The summed E-state index contributed by atoms with van der Waals surface area (Å²) in [5, 5.41) is 9.77. The highest BCUT2D eigenvalue weighted by atomic mass is 32.2. The third kappa shape index (κ3) is 3.27. The Morgan fingerprint density at radius 3 is 2.75 bits per heavy atom. The van der Waals surface area contributed by atoms with Gasteiger partial charge in [0.25, 0.3) is 5.91 Å². The van der Waals surface area contributed by atoms with Crippen LogP contribution < -0.4 is 5.32 Å². The van der Waals surface area contributed by atoms with Crippen molar-refractivity contribution in [3.63, 3.8) is 0 Å². The van der Waals surface area contributed by atoms with E-state index >= 15 is 0 Å². The fourth-order valence-electron chi connectivity index (χ4n) is 1.58. The van der Waals surface area contributed by atoms with Crippen molar-refractivity contribution < 1.29 is 4.79 Å².